The van der Waals surface area contributed by atoms with Crippen molar-refractivity contribution in [3.05, 3.63) is 0 Å². The van der Waals surface area contributed by atoms with Crippen LogP contribution in [0.25, 0.3) is 0 Å². The number of ether oxygens (including phenoxy) is 1. The highest BCUT2D eigenvalue weighted by Gasteiger charge is 2.15. The van der Waals surface area contributed by atoms with Crippen LogP contribution in [0, 0.1) is 0 Å². The van der Waals surface area contributed by atoms with Crippen LogP contribution in [-0.2, 0) is 4.74 Å². The van der Waals surface area contributed by atoms with Gasteiger partial charge in [0, 0.05) is 6.54 Å². The van der Waals surface area contributed by atoms with Gasteiger partial charge in [0.2, 0.25) is 0 Å². The minimum Gasteiger partial charge on any atom is -0.444 e. The van der Waals surface area contributed by atoms with Crippen LogP contribution in [0.4, 0.5) is 4.79 Å². The molecule has 3 heteroatoms. The highest BCUT2D eigenvalue weighted by Crippen LogP contribution is 2.10. The monoisotopic (exact) mass is 285 g/mol. The highest BCUT2D eigenvalue weighted by atomic mass is 16.6. The van der Waals surface area contributed by atoms with E-state index >= 15 is 0 Å². The van der Waals surface area contributed by atoms with Crippen LogP contribution in [0.1, 0.15) is 91.9 Å². The van der Waals surface area contributed by atoms with Gasteiger partial charge in [0.05, 0.1) is 0 Å². The second-order valence-electron chi connectivity index (χ2n) is 6.61. The molecule has 20 heavy (non-hydrogen) atoms. The topological polar surface area (TPSA) is 38.3 Å². The number of unbranched alkanes of at least 4 members (excludes halogenated alkanes) is 9. The maximum absolute atomic E-state index is 11.4. The van der Waals surface area contributed by atoms with E-state index in [1.807, 2.05) is 20.8 Å². The number of rotatable bonds is 11. The Balaban J connectivity index is 3.19. The summed E-state index contributed by atoms with van der Waals surface area (Å²) in [4.78, 5) is 11.4. The zero-order valence-corrected chi connectivity index (χ0v) is 14.1. The van der Waals surface area contributed by atoms with Crippen molar-refractivity contribution in [1.82, 2.24) is 5.32 Å². The van der Waals surface area contributed by atoms with E-state index in [0.717, 1.165) is 13.0 Å². The quantitative estimate of drug-likeness (QED) is 0.514. The standard InChI is InChI=1S/C17H35NO2/c1-5-6-7-8-9-10-11-12-13-14-15-18-16(19)20-17(2,3)4/h5-15H2,1-4H3,(H,18,19). The van der Waals surface area contributed by atoms with Crippen LogP contribution in [0.3, 0.4) is 0 Å². The number of hydrogen-bond donors (Lipinski definition) is 1. The van der Waals surface area contributed by atoms with Crippen molar-refractivity contribution in [1.29, 1.82) is 0 Å². The number of alkyl carbamates (subject to hydrolysis) is 1. The molecule has 0 aromatic heterocycles. The molecule has 0 bridgehead atoms. The van der Waals surface area contributed by atoms with Crippen LogP contribution in [-0.4, -0.2) is 18.2 Å². The summed E-state index contributed by atoms with van der Waals surface area (Å²) in [5.41, 5.74) is -0.401. The second-order valence-corrected chi connectivity index (χ2v) is 6.61. The number of nitrogens with one attached hydrogen (secondary N) is 1. The minimum absolute atomic E-state index is 0.298. The van der Waals surface area contributed by atoms with E-state index in [1.165, 1.54) is 57.8 Å². The van der Waals surface area contributed by atoms with Crippen LogP contribution >= 0.6 is 0 Å². The third-order valence-electron chi connectivity index (χ3n) is 3.20. The molecule has 0 aliphatic heterocycles. The van der Waals surface area contributed by atoms with Crippen LogP contribution in [0.5, 0.6) is 0 Å². The third kappa shape index (κ3) is 15.3. The molecule has 0 spiro atoms. The molecule has 0 aromatic rings. The Morgan fingerprint density at radius 1 is 0.850 bits per heavy atom. The molecule has 1 N–H and O–H groups in total. The predicted molar refractivity (Wildman–Crippen MR) is 86.1 cm³/mol. The summed E-state index contributed by atoms with van der Waals surface area (Å²) >= 11 is 0. The van der Waals surface area contributed by atoms with Gasteiger partial charge < -0.3 is 10.1 Å². The molecular formula is C17H35NO2. The summed E-state index contributed by atoms with van der Waals surface area (Å²) < 4.78 is 5.18. The molecule has 3 nitrogen and oxygen atoms in total. The van der Waals surface area contributed by atoms with Gasteiger partial charge in [0.1, 0.15) is 5.60 Å². The highest BCUT2D eigenvalue weighted by molar-refractivity contribution is 5.67. The second kappa shape index (κ2) is 12.0. The first-order chi connectivity index (χ1) is 9.45. The van der Waals surface area contributed by atoms with Crippen molar-refractivity contribution < 1.29 is 9.53 Å². The van der Waals surface area contributed by atoms with E-state index in [9.17, 15) is 4.79 Å². The SMILES string of the molecule is CCCCCCCCCCCCNC(=O)OC(C)(C)C. The molecule has 0 unspecified atom stereocenters. The van der Waals surface area contributed by atoms with Gasteiger partial charge in [-0.15, -0.1) is 0 Å². The third-order valence-corrected chi connectivity index (χ3v) is 3.20. The van der Waals surface area contributed by atoms with Gasteiger partial charge in [0.15, 0.2) is 0 Å². The molecule has 0 saturated carbocycles. The fraction of sp³-hybridized carbons (Fsp3) is 0.941. The lowest BCUT2D eigenvalue weighted by atomic mass is 10.1. The molecule has 0 radical (unpaired) electrons. The van der Waals surface area contributed by atoms with E-state index in [4.69, 9.17) is 4.74 Å². The van der Waals surface area contributed by atoms with Crippen molar-refractivity contribution in [3.63, 3.8) is 0 Å². The molecule has 0 rings (SSSR count). The minimum atomic E-state index is -0.401. The molecule has 0 aliphatic rings. The Labute approximate surface area is 125 Å². The summed E-state index contributed by atoms with van der Waals surface area (Å²) in [5, 5.41) is 2.80. The molecule has 0 saturated heterocycles. The van der Waals surface area contributed by atoms with Crippen LogP contribution in [0.15, 0.2) is 0 Å². The number of carbonyl (C=O) groups is 1. The Kier molecular flexibility index (Phi) is 11.6. The molecule has 0 atom stereocenters. The summed E-state index contributed by atoms with van der Waals surface area (Å²) in [5.74, 6) is 0. The lowest BCUT2D eigenvalue weighted by Crippen LogP contribution is -2.32. The Hall–Kier alpha value is -0.730. The van der Waals surface area contributed by atoms with E-state index in [1.54, 1.807) is 0 Å². The zero-order valence-electron chi connectivity index (χ0n) is 14.1. The van der Waals surface area contributed by atoms with Crippen molar-refractivity contribution in [3.8, 4) is 0 Å². The predicted octanol–water partition coefficient (Wildman–Crippen LogP) is 5.43. The van der Waals surface area contributed by atoms with Crippen LogP contribution in [0.2, 0.25) is 0 Å². The first-order valence-corrected chi connectivity index (χ1v) is 8.42. The van der Waals surface area contributed by atoms with Gasteiger partial charge in [-0.1, -0.05) is 64.7 Å². The van der Waals surface area contributed by atoms with Gasteiger partial charge >= 0.3 is 6.09 Å². The van der Waals surface area contributed by atoms with Gasteiger partial charge in [-0.05, 0) is 27.2 Å². The molecule has 0 heterocycles. The largest absolute Gasteiger partial charge is 0.444 e. The molecule has 0 aliphatic carbocycles. The Bertz CT molecular complexity index is 234. The maximum Gasteiger partial charge on any atom is 0.407 e. The summed E-state index contributed by atoms with van der Waals surface area (Å²) in [6, 6.07) is 0. The van der Waals surface area contributed by atoms with Crippen molar-refractivity contribution >= 4 is 6.09 Å². The lowest BCUT2D eigenvalue weighted by molar-refractivity contribution is 0.0527. The maximum atomic E-state index is 11.4. The Morgan fingerprint density at radius 3 is 1.75 bits per heavy atom. The molecule has 1 amide bonds. The first-order valence-electron chi connectivity index (χ1n) is 8.42. The molecule has 0 fully saturated rings. The molecular weight excluding hydrogens is 250 g/mol. The Morgan fingerprint density at radius 2 is 1.30 bits per heavy atom. The van der Waals surface area contributed by atoms with Crippen molar-refractivity contribution in [2.45, 2.75) is 97.5 Å². The van der Waals surface area contributed by atoms with E-state index in [-0.39, 0.29) is 6.09 Å². The average Bonchev–Trinajstić information content (AvgIpc) is 2.34. The zero-order chi connectivity index (χ0) is 15.3. The summed E-state index contributed by atoms with van der Waals surface area (Å²) in [7, 11) is 0. The lowest BCUT2D eigenvalue weighted by Gasteiger charge is -2.19. The first kappa shape index (κ1) is 19.3. The van der Waals surface area contributed by atoms with Crippen molar-refractivity contribution in [2.75, 3.05) is 6.54 Å². The number of amides is 1. The van der Waals surface area contributed by atoms with E-state index < -0.39 is 5.60 Å². The number of hydrogen-bond acceptors (Lipinski definition) is 2. The normalized spacial score (nSPS) is 11.4. The fourth-order valence-corrected chi connectivity index (χ4v) is 2.12. The smallest absolute Gasteiger partial charge is 0.407 e. The molecule has 120 valence electrons. The van der Waals surface area contributed by atoms with E-state index in [0.29, 0.717) is 0 Å². The number of carbonyl (C=O) groups excluding carboxylic acids is 1. The van der Waals surface area contributed by atoms with Gasteiger partial charge in [-0.2, -0.15) is 0 Å². The fourth-order valence-electron chi connectivity index (χ4n) is 2.12. The van der Waals surface area contributed by atoms with Gasteiger partial charge in [-0.25, -0.2) is 4.79 Å². The summed E-state index contributed by atoms with van der Waals surface area (Å²) in [6.45, 7) is 8.63. The van der Waals surface area contributed by atoms with Gasteiger partial charge in [-0.3, -0.25) is 0 Å². The van der Waals surface area contributed by atoms with E-state index in [2.05, 4.69) is 12.2 Å². The molecule has 0 aromatic carbocycles. The summed E-state index contributed by atoms with van der Waals surface area (Å²) in [6.07, 6.45) is 12.8. The van der Waals surface area contributed by atoms with Crippen LogP contribution < -0.4 is 5.32 Å². The van der Waals surface area contributed by atoms with Gasteiger partial charge in [0.25, 0.3) is 0 Å². The average molecular weight is 285 g/mol. The van der Waals surface area contributed by atoms with Crippen molar-refractivity contribution in [2.24, 2.45) is 0 Å².